The van der Waals surface area contributed by atoms with E-state index >= 15 is 0 Å². The molecule has 1 aromatic rings. The van der Waals surface area contributed by atoms with Crippen molar-refractivity contribution in [1.29, 1.82) is 0 Å². The van der Waals surface area contributed by atoms with Crippen molar-refractivity contribution in [2.24, 2.45) is 5.92 Å². The van der Waals surface area contributed by atoms with Gasteiger partial charge in [0.1, 0.15) is 0 Å². The van der Waals surface area contributed by atoms with Crippen molar-refractivity contribution in [3.8, 4) is 0 Å². The molecule has 0 aliphatic carbocycles. The minimum absolute atomic E-state index is 0.131. The van der Waals surface area contributed by atoms with Crippen LogP contribution >= 0.6 is 0 Å². The Labute approximate surface area is 121 Å². The van der Waals surface area contributed by atoms with Crippen molar-refractivity contribution in [2.45, 2.75) is 39.4 Å². The first kappa shape index (κ1) is 16.7. The number of amides is 1. The number of carbonyl (C=O) groups is 1. The van der Waals surface area contributed by atoms with Crippen molar-refractivity contribution < 1.29 is 14.6 Å². The highest BCUT2D eigenvalue weighted by Crippen LogP contribution is 2.19. The SMILES string of the molecule is CCC(C)C(C)(O)CNC(=O)c1ccc(COC)cc1. The second-order valence-corrected chi connectivity index (χ2v) is 5.48. The number of aliphatic hydroxyl groups is 1. The molecule has 0 radical (unpaired) electrons. The van der Waals surface area contributed by atoms with Crippen LogP contribution in [0.2, 0.25) is 0 Å². The van der Waals surface area contributed by atoms with Crippen molar-refractivity contribution in [2.75, 3.05) is 13.7 Å². The molecule has 1 aromatic carbocycles. The molecule has 1 rings (SSSR count). The highest BCUT2D eigenvalue weighted by atomic mass is 16.5. The van der Waals surface area contributed by atoms with Gasteiger partial charge in [-0.1, -0.05) is 32.4 Å². The number of methoxy groups -OCH3 is 1. The molecule has 4 nitrogen and oxygen atoms in total. The Kier molecular flexibility index (Phi) is 6.17. The molecule has 112 valence electrons. The minimum Gasteiger partial charge on any atom is -0.388 e. The molecule has 0 saturated carbocycles. The van der Waals surface area contributed by atoms with Gasteiger partial charge in [-0.25, -0.2) is 0 Å². The predicted octanol–water partition coefficient (Wildman–Crippen LogP) is 2.36. The maximum Gasteiger partial charge on any atom is 0.251 e. The topological polar surface area (TPSA) is 58.6 Å². The lowest BCUT2D eigenvalue weighted by Crippen LogP contribution is -2.45. The fourth-order valence-corrected chi connectivity index (χ4v) is 1.89. The summed E-state index contributed by atoms with van der Waals surface area (Å²) in [5.41, 5.74) is 0.723. The van der Waals surface area contributed by atoms with Crippen molar-refractivity contribution in [1.82, 2.24) is 5.32 Å². The summed E-state index contributed by atoms with van der Waals surface area (Å²) in [5, 5.41) is 13.0. The van der Waals surface area contributed by atoms with Gasteiger partial charge in [0.2, 0.25) is 0 Å². The number of hydrogen-bond acceptors (Lipinski definition) is 3. The first-order valence-electron chi connectivity index (χ1n) is 6.99. The molecule has 0 spiro atoms. The van der Waals surface area contributed by atoms with Crippen LogP contribution < -0.4 is 5.32 Å². The van der Waals surface area contributed by atoms with Crippen molar-refractivity contribution in [3.63, 3.8) is 0 Å². The fourth-order valence-electron chi connectivity index (χ4n) is 1.89. The Morgan fingerprint density at radius 3 is 2.50 bits per heavy atom. The van der Waals surface area contributed by atoms with E-state index in [1.165, 1.54) is 0 Å². The van der Waals surface area contributed by atoms with Gasteiger partial charge in [0.15, 0.2) is 0 Å². The highest BCUT2D eigenvalue weighted by Gasteiger charge is 2.27. The Morgan fingerprint density at radius 1 is 1.40 bits per heavy atom. The van der Waals surface area contributed by atoms with Gasteiger partial charge in [-0.05, 0) is 30.5 Å². The lowest BCUT2D eigenvalue weighted by Gasteiger charge is -2.29. The summed E-state index contributed by atoms with van der Waals surface area (Å²) in [4.78, 5) is 12.0. The second kappa shape index (κ2) is 7.41. The maximum absolute atomic E-state index is 12.0. The van der Waals surface area contributed by atoms with Crippen LogP contribution in [0, 0.1) is 5.92 Å². The molecule has 0 heterocycles. The van der Waals surface area contributed by atoms with Crippen LogP contribution in [-0.2, 0) is 11.3 Å². The Bertz CT molecular complexity index is 426. The van der Waals surface area contributed by atoms with Crippen LogP contribution in [0.15, 0.2) is 24.3 Å². The van der Waals surface area contributed by atoms with E-state index in [1.807, 2.05) is 26.0 Å². The van der Waals surface area contributed by atoms with E-state index in [9.17, 15) is 9.90 Å². The number of nitrogens with one attached hydrogen (secondary N) is 1. The lowest BCUT2D eigenvalue weighted by molar-refractivity contribution is 0.00592. The molecular weight excluding hydrogens is 254 g/mol. The lowest BCUT2D eigenvalue weighted by atomic mass is 9.88. The summed E-state index contributed by atoms with van der Waals surface area (Å²) in [5.74, 6) is -0.0376. The van der Waals surface area contributed by atoms with Gasteiger partial charge in [0.25, 0.3) is 5.91 Å². The molecule has 0 aromatic heterocycles. The first-order chi connectivity index (χ1) is 9.40. The zero-order chi connectivity index (χ0) is 15.2. The van der Waals surface area contributed by atoms with Gasteiger partial charge in [0, 0.05) is 19.2 Å². The smallest absolute Gasteiger partial charge is 0.251 e. The van der Waals surface area contributed by atoms with E-state index in [4.69, 9.17) is 4.74 Å². The molecule has 2 unspecified atom stereocenters. The molecule has 4 heteroatoms. The average molecular weight is 279 g/mol. The third kappa shape index (κ3) is 4.62. The summed E-state index contributed by atoms with van der Waals surface area (Å²) < 4.78 is 5.03. The first-order valence-corrected chi connectivity index (χ1v) is 6.99. The summed E-state index contributed by atoms with van der Waals surface area (Å²) >= 11 is 0. The van der Waals surface area contributed by atoms with Gasteiger partial charge in [-0.2, -0.15) is 0 Å². The van der Waals surface area contributed by atoms with Crippen molar-refractivity contribution >= 4 is 5.91 Å². The van der Waals surface area contributed by atoms with E-state index in [1.54, 1.807) is 26.2 Å². The van der Waals surface area contributed by atoms with Crippen LogP contribution in [0.3, 0.4) is 0 Å². The summed E-state index contributed by atoms with van der Waals surface area (Å²) in [6, 6.07) is 7.26. The van der Waals surface area contributed by atoms with E-state index in [0.29, 0.717) is 12.2 Å². The molecule has 2 atom stereocenters. The van der Waals surface area contributed by atoms with E-state index in [2.05, 4.69) is 5.32 Å². The van der Waals surface area contributed by atoms with Gasteiger partial charge < -0.3 is 15.2 Å². The molecule has 20 heavy (non-hydrogen) atoms. The summed E-state index contributed by atoms with van der Waals surface area (Å²) in [6.45, 7) is 6.54. The summed E-state index contributed by atoms with van der Waals surface area (Å²) in [6.07, 6.45) is 0.870. The molecule has 2 N–H and O–H groups in total. The van der Waals surface area contributed by atoms with Gasteiger partial charge in [-0.3, -0.25) is 4.79 Å². The molecular formula is C16H25NO3. The van der Waals surface area contributed by atoms with Crippen LogP contribution in [-0.4, -0.2) is 30.3 Å². The minimum atomic E-state index is -0.888. The van der Waals surface area contributed by atoms with E-state index in [-0.39, 0.29) is 18.4 Å². The molecule has 0 saturated heterocycles. The second-order valence-electron chi connectivity index (χ2n) is 5.48. The third-order valence-corrected chi connectivity index (χ3v) is 3.81. The van der Waals surface area contributed by atoms with Crippen LogP contribution in [0.4, 0.5) is 0 Å². The monoisotopic (exact) mass is 279 g/mol. The molecule has 1 amide bonds. The van der Waals surface area contributed by atoms with Gasteiger partial charge in [-0.15, -0.1) is 0 Å². The van der Waals surface area contributed by atoms with E-state index < -0.39 is 5.60 Å². The highest BCUT2D eigenvalue weighted by molar-refractivity contribution is 5.94. The standard InChI is InChI=1S/C16H25NO3/c1-5-12(2)16(3,19)11-17-15(18)14-8-6-13(7-9-14)10-20-4/h6-9,12,19H,5,10-11H2,1-4H3,(H,17,18). The largest absolute Gasteiger partial charge is 0.388 e. The van der Waals surface area contributed by atoms with Gasteiger partial charge in [0.05, 0.1) is 12.2 Å². The molecule has 0 bridgehead atoms. The Hall–Kier alpha value is -1.39. The molecule has 0 fully saturated rings. The quantitative estimate of drug-likeness (QED) is 0.805. The van der Waals surface area contributed by atoms with Gasteiger partial charge >= 0.3 is 0 Å². The maximum atomic E-state index is 12.0. The normalized spacial score (nSPS) is 15.4. The number of carbonyl (C=O) groups excluding carboxylic acids is 1. The number of rotatable bonds is 7. The average Bonchev–Trinajstić information content (AvgIpc) is 2.45. The Balaban J connectivity index is 2.58. The van der Waals surface area contributed by atoms with E-state index in [0.717, 1.165) is 12.0 Å². The molecule has 0 aliphatic rings. The number of ether oxygens (including phenoxy) is 1. The number of hydrogen-bond donors (Lipinski definition) is 2. The van der Waals surface area contributed by atoms with Crippen molar-refractivity contribution in [3.05, 3.63) is 35.4 Å². The van der Waals surface area contributed by atoms with Crippen LogP contribution in [0.1, 0.15) is 43.1 Å². The zero-order valence-corrected chi connectivity index (χ0v) is 12.8. The molecule has 0 aliphatic heterocycles. The number of benzene rings is 1. The fraction of sp³-hybridized carbons (Fsp3) is 0.562. The zero-order valence-electron chi connectivity index (χ0n) is 12.8. The third-order valence-electron chi connectivity index (χ3n) is 3.81. The Morgan fingerprint density at radius 2 is 2.00 bits per heavy atom. The van der Waals surface area contributed by atoms with Crippen LogP contribution in [0.25, 0.3) is 0 Å². The predicted molar refractivity (Wildman–Crippen MR) is 79.6 cm³/mol. The van der Waals surface area contributed by atoms with Crippen LogP contribution in [0.5, 0.6) is 0 Å². The summed E-state index contributed by atoms with van der Waals surface area (Å²) in [7, 11) is 1.64.